The number of carbonyl (C=O) groups excluding carboxylic acids is 2. The molecule has 0 radical (unpaired) electrons. The van der Waals surface area contributed by atoms with Crippen molar-refractivity contribution in [3.63, 3.8) is 0 Å². The van der Waals surface area contributed by atoms with Crippen molar-refractivity contribution >= 4 is 29.1 Å². The van der Waals surface area contributed by atoms with Crippen molar-refractivity contribution < 1.29 is 19.4 Å². The zero-order valence-corrected chi connectivity index (χ0v) is 19.8. The third-order valence-corrected chi connectivity index (χ3v) is 5.51. The van der Waals surface area contributed by atoms with Crippen LogP contribution in [0.25, 0.3) is 0 Å². The van der Waals surface area contributed by atoms with Gasteiger partial charge < -0.3 is 20.9 Å². The number of nitrogens with zero attached hydrogens (tertiary/aromatic N) is 1. The maximum atomic E-state index is 12.6. The lowest BCUT2D eigenvalue weighted by Gasteiger charge is -2.24. The lowest BCUT2D eigenvalue weighted by atomic mass is 9.93. The topological polar surface area (TPSA) is 137 Å². The first-order valence-electron chi connectivity index (χ1n) is 11.4. The lowest BCUT2D eigenvalue weighted by molar-refractivity contribution is -0.111. The molecule has 3 rings (SSSR count). The van der Waals surface area contributed by atoms with Gasteiger partial charge in [-0.25, -0.2) is 4.79 Å². The Balaban J connectivity index is 1.60. The number of rotatable bonds is 9. The number of anilines is 3. The first-order valence-corrected chi connectivity index (χ1v) is 11.4. The van der Waals surface area contributed by atoms with Gasteiger partial charge in [-0.2, -0.15) is 5.26 Å². The summed E-state index contributed by atoms with van der Waals surface area (Å²) in [7, 11) is 0. The summed E-state index contributed by atoms with van der Waals surface area (Å²) in [5.74, 6) is -0.271. The van der Waals surface area contributed by atoms with Crippen molar-refractivity contribution in [2.75, 3.05) is 16.4 Å². The lowest BCUT2D eigenvalue weighted by Crippen LogP contribution is -2.22. The van der Waals surface area contributed by atoms with Crippen LogP contribution in [0.3, 0.4) is 0 Å². The number of phenols is 1. The van der Waals surface area contributed by atoms with Crippen molar-refractivity contribution in [2.24, 2.45) is 5.92 Å². The predicted molar refractivity (Wildman–Crippen MR) is 139 cm³/mol. The van der Waals surface area contributed by atoms with Crippen LogP contribution in [0.4, 0.5) is 21.9 Å². The predicted octanol–water partition coefficient (Wildman–Crippen LogP) is 5.75. The van der Waals surface area contributed by atoms with E-state index in [1.54, 1.807) is 66.7 Å². The fraction of sp³-hybridized carbons (Fsp3) is 0.179. The number of nitrogens with two attached hydrogens (primary N) is 1. The summed E-state index contributed by atoms with van der Waals surface area (Å²) in [5.41, 5.74) is 8.61. The molecule has 0 heterocycles. The first kappa shape index (κ1) is 25.8. The monoisotopic (exact) mass is 484 g/mol. The summed E-state index contributed by atoms with van der Waals surface area (Å²) in [4.78, 5) is 24.8. The van der Waals surface area contributed by atoms with Gasteiger partial charge in [0.2, 0.25) is 5.91 Å². The number of hydrogen-bond acceptors (Lipinski definition) is 6. The normalized spacial score (nSPS) is 12.3. The van der Waals surface area contributed by atoms with Crippen molar-refractivity contribution in [3.8, 4) is 11.8 Å². The molecule has 0 saturated carbocycles. The van der Waals surface area contributed by atoms with E-state index in [0.29, 0.717) is 35.5 Å². The Bertz CT molecular complexity index is 1250. The number of ether oxygens (including phenoxy) is 1. The molecule has 5 N–H and O–H groups in total. The van der Waals surface area contributed by atoms with Gasteiger partial charge >= 0.3 is 6.09 Å². The van der Waals surface area contributed by atoms with Crippen molar-refractivity contribution in [3.05, 3.63) is 96.1 Å². The van der Waals surface area contributed by atoms with Crippen LogP contribution in [0.2, 0.25) is 0 Å². The molecule has 0 spiro atoms. The maximum absolute atomic E-state index is 12.6. The van der Waals surface area contributed by atoms with E-state index in [1.165, 1.54) is 18.2 Å². The largest absolute Gasteiger partial charge is 0.508 e. The van der Waals surface area contributed by atoms with Gasteiger partial charge in [0, 0.05) is 5.69 Å². The van der Waals surface area contributed by atoms with E-state index in [0.717, 1.165) is 5.56 Å². The van der Waals surface area contributed by atoms with Crippen LogP contribution in [-0.4, -0.2) is 17.1 Å². The Labute approximate surface area is 210 Å². The van der Waals surface area contributed by atoms with Crippen LogP contribution in [0.5, 0.6) is 5.75 Å². The number of nitrogen functional groups attached to an aromatic ring is 1. The maximum Gasteiger partial charge on any atom is 0.412 e. The third-order valence-electron chi connectivity index (χ3n) is 5.51. The molecular weight excluding hydrogens is 456 g/mol. The molecule has 0 bridgehead atoms. The van der Waals surface area contributed by atoms with Gasteiger partial charge in [0.1, 0.15) is 11.9 Å². The molecule has 3 aromatic carbocycles. The Morgan fingerprint density at radius 3 is 2.42 bits per heavy atom. The highest BCUT2D eigenvalue weighted by Crippen LogP contribution is 2.31. The second-order valence-corrected chi connectivity index (χ2v) is 8.27. The SMILES string of the molecule is C[C@@H](CC/C=C/C(=O)Nc1ccccc1N)[C@H](OC(=O)Nc1ccc(C#N)cc1)c1ccc(O)cc1. The Morgan fingerprint density at radius 2 is 1.75 bits per heavy atom. The van der Waals surface area contributed by atoms with E-state index >= 15 is 0 Å². The number of phenolic OH excluding ortho intramolecular Hbond substituents is 1. The fourth-order valence-electron chi connectivity index (χ4n) is 3.55. The highest BCUT2D eigenvalue weighted by Gasteiger charge is 2.23. The number of aromatic hydroxyl groups is 1. The Hall–Kier alpha value is -4.77. The fourth-order valence-corrected chi connectivity index (χ4v) is 3.55. The van der Waals surface area contributed by atoms with Crippen molar-refractivity contribution in [1.29, 1.82) is 5.26 Å². The molecule has 36 heavy (non-hydrogen) atoms. The van der Waals surface area contributed by atoms with E-state index in [4.69, 9.17) is 15.7 Å². The zero-order valence-electron chi connectivity index (χ0n) is 19.8. The number of nitriles is 1. The van der Waals surface area contributed by atoms with Crippen molar-refractivity contribution in [1.82, 2.24) is 0 Å². The van der Waals surface area contributed by atoms with Gasteiger partial charge in [-0.1, -0.05) is 37.3 Å². The molecule has 2 atom stereocenters. The zero-order chi connectivity index (χ0) is 25.9. The van der Waals surface area contributed by atoms with Gasteiger partial charge in [-0.15, -0.1) is 0 Å². The third kappa shape index (κ3) is 7.64. The van der Waals surface area contributed by atoms with E-state index in [9.17, 15) is 14.7 Å². The number of nitrogens with one attached hydrogen (secondary N) is 2. The van der Waals surface area contributed by atoms with Crippen LogP contribution < -0.4 is 16.4 Å². The first-order chi connectivity index (χ1) is 17.4. The van der Waals surface area contributed by atoms with Gasteiger partial charge in [0.15, 0.2) is 0 Å². The minimum absolute atomic E-state index is 0.0984. The summed E-state index contributed by atoms with van der Waals surface area (Å²) in [5, 5.41) is 24.0. The average Bonchev–Trinajstić information content (AvgIpc) is 2.87. The molecule has 3 aromatic rings. The number of hydrogen-bond donors (Lipinski definition) is 4. The smallest absolute Gasteiger partial charge is 0.412 e. The highest BCUT2D eigenvalue weighted by atomic mass is 16.6. The number of allylic oxidation sites excluding steroid dienone is 1. The second kappa shape index (κ2) is 12.6. The highest BCUT2D eigenvalue weighted by molar-refractivity contribution is 6.01. The standard InChI is InChI=1S/C28H28N4O4/c1-19(6-2-5-9-26(34)32-25-8-4-3-7-24(25)30)27(21-12-16-23(33)17-13-21)36-28(35)31-22-14-10-20(18-29)11-15-22/h3-5,7-17,19,27,33H,2,6,30H2,1H3,(H,31,35)(H,32,34)/b9-5+/t19-,27-/m0/s1. The van der Waals surface area contributed by atoms with E-state index in [1.807, 2.05) is 13.0 Å². The Kier molecular flexibility index (Phi) is 9.06. The van der Waals surface area contributed by atoms with Crippen LogP contribution in [0, 0.1) is 17.2 Å². The van der Waals surface area contributed by atoms with Crippen LogP contribution in [0.1, 0.15) is 37.0 Å². The van der Waals surface area contributed by atoms with E-state index < -0.39 is 12.2 Å². The number of carbonyl (C=O) groups is 2. The van der Waals surface area contributed by atoms with Gasteiger partial charge in [0.05, 0.1) is 23.0 Å². The van der Waals surface area contributed by atoms with E-state index in [2.05, 4.69) is 10.6 Å². The van der Waals surface area contributed by atoms with Gasteiger partial charge in [-0.3, -0.25) is 10.1 Å². The molecule has 0 saturated heterocycles. The van der Waals surface area contributed by atoms with Crippen LogP contribution >= 0.6 is 0 Å². The summed E-state index contributed by atoms with van der Waals surface area (Å²) in [6.07, 6.45) is 3.19. The molecule has 0 aliphatic carbocycles. The Morgan fingerprint density at radius 1 is 1.06 bits per heavy atom. The molecule has 0 aromatic heterocycles. The molecular formula is C28H28N4O4. The molecule has 0 unspecified atom stereocenters. The van der Waals surface area contributed by atoms with Crippen LogP contribution in [-0.2, 0) is 9.53 Å². The molecule has 184 valence electrons. The van der Waals surface area contributed by atoms with Gasteiger partial charge in [0.25, 0.3) is 0 Å². The quantitative estimate of drug-likeness (QED) is 0.225. The van der Waals surface area contributed by atoms with Crippen LogP contribution in [0.15, 0.2) is 84.9 Å². The van der Waals surface area contributed by atoms with Gasteiger partial charge in [-0.05, 0) is 78.9 Å². The molecule has 8 nitrogen and oxygen atoms in total. The number of amides is 2. The molecule has 8 heteroatoms. The summed E-state index contributed by atoms with van der Waals surface area (Å²) >= 11 is 0. The molecule has 0 aliphatic heterocycles. The summed E-state index contributed by atoms with van der Waals surface area (Å²) < 4.78 is 5.76. The number of para-hydroxylation sites is 2. The number of benzene rings is 3. The summed E-state index contributed by atoms with van der Waals surface area (Å²) in [6, 6.07) is 22.0. The minimum atomic E-state index is -0.639. The minimum Gasteiger partial charge on any atom is -0.508 e. The molecule has 0 aliphatic rings. The molecule has 2 amide bonds. The second-order valence-electron chi connectivity index (χ2n) is 8.27. The van der Waals surface area contributed by atoms with Crippen molar-refractivity contribution in [2.45, 2.75) is 25.9 Å². The molecule has 0 fully saturated rings. The summed E-state index contributed by atoms with van der Waals surface area (Å²) in [6.45, 7) is 1.95. The average molecular weight is 485 g/mol. The van der Waals surface area contributed by atoms with E-state index in [-0.39, 0.29) is 17.6 Å².